The van der Waals surface area contributed by atoms with Gasteiger partial charge in [-0.3, -0.25) is 10.1 Å². The summed E-state index contributed by atoms with van der Waals surface area (Å²) in [4.78, 5) is 35.7. The molecule has 7 heteroatoms. The number of nitrogens with one attached hydrogen (secondary N) is 2. The average Bonchev–Trinajstić information content (AvgIpc) is 3.12. The normalized spacial score (nSPS) is 15.3. The molecule has 7 nitrogen and oxygen atoms in total. The van der Waals surface area contributed by atoms with Crippen molar-refractivity contribution in [3.63, 3.8) is 0 Å². The van der Waals surface area contributed by atoms with Gasteiger partial charge in [0.25, 0.3) is 5.91 Å². The Balaban J connectivity index is 1.76. The van der Waals surface area contributed by atoms with Crippen LogP contribution in [0.4, 0.5) is 4.79 Å². The maximum atomic E-state index is 12.0. The van der Waals surface area contributed by atoms with Gasteiger partial charge < -0.3 is 14.8 Å². The van der Waals surface area contributed by atoms with E-state index >= 15 is 0 Å². The van der Waals surface area contributed by atoms with Gasteiger partial charge in [-0.2, -0.15) is 0 Å². The van der Waals surface area contributed by atoms with Crippen LogP contribution in [-0.2, 0) is 14.3 Å². The maximum Gasteiger partial charge on any atom is 0.344 e. The second-order valence-corrected chi connectivity index (χ2v) is 7.06. The number of ether oxygens (including phenoxy) is 2. The summed E-state index contributed by atoms with van der Waals surface area (Å²) in [6.07, 6.45) is 2.90. The summed E-state index contributed by atoms with van der Waals surface area (Å²) in [5.41, 5.74) is 0.986. The van der Waals surface area contributed by atoms with E-state index in [4.69, 9.17) is 9.47 Å². The fraction of sp³-hybridized carbons (Fsp3) is 0.550. The molecule has 1 atom stereocenters. The highest BCUT2D eigenvalue weighted by Crippen LogP contribution is 2.25. The highest BCUT2D eigenvalue weighted by Gasteiger charge is 2.23. The smallest absolute Gasteiger partial charge is 0.344 e. The molecule has 2 N–H and O–H groups in total. The molecular weight excluding hydrogens is 348 g/mol. The first-order valence-corrected chi connectivity index (χ1v) is 9.39. The molecule has 1 saturated carbocycles. The second kappa shape index (κ2) is 9.94. The minimum Gasteiger partial charge on any atom is -0.482 e. The number of imide groups is 1. The summed E-state index contributed by atoms with van der Waals surface area (Å²) in [7, 11) is 0. The van der Waals surface area contributed by atoms with Crippen molar-refractivity contribution in [3.05, 3.63) is 29.8 Å². The average molecular weight is 376 g/mol. The zero-order chi connectivity index (χ0) is 19.8. The number of benzene rings is 1. The number of para-hydroxylation sites is 1. The van der Waals surface area contributed by atoms with Gasteiger partial charge in [-0.05, 0) is 37.3 Å². The van der Waals surface area contributed by atoms with Gasteiger partial charge in [-0.25, -0.2) is 9.59 Å². The standard InChI is InChI=1S/C20H28N2O5/c1-13(2)16-10-6-7-11-17(16)26-12-18(23)27-14(3)19(24)22-20(25)21-15-8-4-5-9-15/h6-7,10-11,13-15H,4-5,8-9,12H2,1-3H3,(H2,21,22,24,25)/t14-/m1/s1. The first-order chi connectivity index (χ1) is 12.9. The van der Waals surface area contributed by atoms with E-state index in [2.05, 4.69) is 10.6 Å². The summed E-state index contributed by atoms with van der Waals surface area (Å²) >= 11 is 0. The lowest BCUT2D eigenvalue weighted by Gasteiger charge is -2.16. The van der Waals surface area contributed by atoms with Crippen molar-refractivity contribution in [2.24, 2.45) is 0 Å². The second-order valence-electron chi connectivity index (χ2n) is 7.06. The lowest BCUT2D eigenvalue weighted by atomic mass is 10.0. The third-order valence-corrected chi connectivity index (χ3v) is 4.49. The summed E-state index contributed by atoms with van der Waals surface area (Å²) in [6, 6.07) is 6.99. The van der Waals surface area contributed by atoms with E-state index in [0.717, 1.165) is 31.2 Å². The molecule has 0 bridgehead atoms. The molecule has 0 saturated heterocycles. The van der Waals surface area contributed by atoms with E-state index in [0.29, 0.717) is 5.75 Å². The fourth-order valence-electron chi connectivity index (χ4n) is 3.02. The molecule has 1 aromatic carbocycles. The number of esters is 1. The van der Waals surface area contributed by atoms with Crippen molar-refractivity contribution < 1.29 is 23.9 Å². The highest BCUT2D eigenvalue weighted by atomic mass is 16.6. The van der Waals surface area contributed by atoms with Crippen LogP contribution in [0.15, 0.2) is 24.3 Å². The van der Waals surface area contributed by atoms with Gasteiger partial charge in [0.1, 0.15) is 5.75 Å². The Labute approximate surface area is 159 Å². The number of urea groups is 1. The van der Waals surface area contributed by atoms with Crippen molar-refractivity contribution in [3.8, 4) is 5.75 Å². The Bertz CT molecular complexity index is 668. The van der Waals surface area contributed by atoms with Crippen LogP contribution in [0.5, 0.6) is 5.75 Å². The Morgan fingerprint density at radius 3 is 2.44 bits per heavy atom. The largest absolute Gasteiger partial charge is 0.482 e. The molecule has 1 fully saturated rings. The van der Waals surface area contributed by atoms with Crippen LogP contribution in [0.3, 0.4) is 0 Å². The molecule has 148 valence electrons. The van der Waals surface area contributed by atoms with Gasteiger partial charge in [-0.15, -0.1) is 0 Å². The monoisotopic (exact) mass is 376 g/mol. The molecular formula is C20H28N2O5. The van der Waals surface area contributed by atoms with Crippen molar-refractivity contribution in [1.82, 2.24) is 10.6 Å². The van der Waals surface area contributed by atoms with Gasteiger partial charge in [0.15, 0.2) is 12.7 Å². The van der Waals surface area contributed by atoms with Crippen molar-refractivity contribution in [1.29, 1.82) is 0 Å². The zero-order valence-corrected chi connectivity index (χ0v) is 16.1. The van der Waals surface area contributed by atoms with E-state index in [-0.39, 0.29) is 18.6 Å². The molecule has 27 heavy (non-hydrogen) atoms. The Morgan fingerprint density at radius 2 is 1.78 bits per heavy atom. The summed E-state index contributed by atoms with van der Waals surface area (Å²) in [5, 5.41) is 4.95. The molecule has 0 heterocycles. The van der Waals surface area contributed by atoms with Crippen LogP contribution in [0.2, 0.25) is 0 Å². The lowest BCUT2D eigenvalue weighted by molar-refractivity contribution is -0.156. The fourth-order valence-corrected chi connectivity index (χ4v) is 3.02. The minimum absolute atomic E-state index is 0.102. The lowest BCUT2D eigenvalue weighted by Crippen LogP contribution is -2.47. The minimum atomic E-state index is -1.09. The Hall–Kier alpha value is -2.57. The van der Waals surface area contributed by atoms with E-state index in [1.54, 1.807) is 6.07 Å². The molecule has 2 rings (SSSR count). The van der Waals surface area contributed by atoms with Crippen LogP contribution < -0.4 is 15.4 Å². The van der Waals surface area contributed by atoms with Crippen LogP contribution in [-0.4, -0.2) is 36.7 Å². The van der Waals surface area contributed by atoms with Crippen molar-refractivity contribution in [2.75, 3.05) is 6.61 Å². The van der Waals surface area contributed by atoms with E-state index < -0.39 is 24.0 Å². The predicted molar refractivity (Wildman–Crippen MR) is 101 cm³/mol. The van der Waals surface area contributed by atoms with Crippen LogP contribution in [0.25, 0.3) is 0 Å². The predicted octanol–water partition coefficient (Wildman–Crippen LogP) is 2.89. The SMILES string of the molecule is CC(C)c1ccccc1OCC(=O)O[C@H](C)C(=O)NC(=O)NC1CCCC1. The number of amides is 3. The van der Waals surface area contributed by atoms with Gasteiger partial charge in [-0.1, -0.05) is 44.9 Å². The Morgan fingerprint density at radius 1 is 1.11 bits per heavy atom. The van der Waals surface area contributed by atoms with Crippen LogP contribution in [0.1, 0.15) is 57.9 Å². The van der Waals surface area contributed by atoms with Crippen molar-refractivity contribution in [2.45, 2.75) is 64.5 Å². The molecule has 3 amide bonds. The first kappa shape index (κ1) is 20.7. The first-order valence-electron chi connectivity index (χ1n) is 9.39. The Kier molecular flexibility index (Phi) is 7.64. The number of carbonyl (C=O) groups excluding carboxylic acids is 3. The van der Waals surface area contributed by atoms with Gasteiger partial charge in [0, 0.05) is 6.04 Å². The van der Waals surface area contributed by atoms with E-state index in [1.165, 1.54) is 6.92 Å². The number of hydrogen-bond donors (Lipinski definition) is 2. The molecule has 1 aliphatic rings. The van der Waals surface area contributed by atoms with Crippen molar-refractivity contribution >= 4 is 17.9 Å². The summed E-state index contributed by atoms with van der Waals surface area (Å²) in [6.45, 7) is 5.17. The molecule has 0 aliphatic heterocycles. The molecule has 0 aromatic heterocycles. The van der Waals surface area contributed by atoms with Crippen LogP contribution in [0, 0.1) is 0 Å². The number of rotatable bonds is 7. The zero-order valence-electron chi connectivity index (χ0n) is 16.1. The summed E-state index contributed by atoms with van der Waals surface area (Å²) < 4.78 is 10.6. The number of hydrogen-bond acceptors (Lipinski definition) is 5. The third-order valence-electron chi connectivity index (χ3n) is 4.49. The quantitative estimate of drug-likeness (QED) is 0.714. The van der Waals surface area contributed by atoms with E-state index in [9.17, 15) is 14.4 Å². The van der Waals surface area contributed by atoms with E-state index in [1.807, 2.05) is 32.0 Å². The molecule has 1 aliphatic carbocycles. The van der Waals surface area contributed by atoms with Crippen LogP contribution >= 0.6 is 0 Å². The number of carbonyl (C=O) groups is 3. The molecule has 0 spiro atoms. The highest BCUT2D eigenvalue weighted by molar-refractivity contribution is 5.97. The molecule has 0 radical (unpaired) electrons. The topological polar surface area (TPSA) is 93.7 Å². The van der Waals surface area contributed by atoms with Gasteiger partial charge in [0.05, 0.1) is 0 Å². The van der Waals surface area contributed by atoms with Gasteiger partial charge >= 0.3 is 12.0 Å². The third kappa shape index (κ3) is 6.58. The van der Waals surface area contributed by atoms with Gasteiger partial charge in [0.2, 0.25) is 0 Å². The maximum absolute atomic E-state index is 12.0. The molecule has 1 aromatic rings. The molecule has 0 unspecified atom stereocenters. The summed E-state index contributed by atoms with van der Waals surface area (Å²) in [5.74, 6) is -0.480.